The molecule has 2 unspecified atom stereocenters. The number of halogens is 2. The van der Waals surface area contributed by atoms with E-state index in [9.17, 15) is 22.3 Å². The van der Waals surface area contributed by atoms with Gasteiger partial charge in [0.25, 0.3) is 0 Å². The predicted octanol–water partition coefficient (Wildman–Crippen LogP) is 5.95. The molecule has 33 heavy (non-hydrogen) atoms. The topological polar surface area (TPSA) is 57.6 Å². The first-order valence-corrected chi connectivity index (χ1v) is 13.2. The van der Waals surface area contributed by atoms with Gasteiger partial charge in [0.15, 0.2) is 9.84 Å². The molecule has 3 aromatic rings. The van der Waals surface area contributed by atoms with E-state index in [0.717, 1.165) is 27.0 Å². The second kappa shape index (κ2) is 8.34. The molecule has 0 amide bonds. The maximum atomic E-state index is 14.7. The van der Waals surface area contributed by atoms with Crippen molar-refractivity contribution < 1.29 is 22.3 Å². The van der Waals surface area contributed by atoms with Gasteiger partial charge in [-0.15, -0.1) is 11.3 Å². The Bertz CT molecular complexity index is 1340. The van der Waals surface area contributed by atoms with E-state index in [0.29, 0.717) is 0 Å². The van der Waals surface area contributed by atoms with E-state index in [2.05, 4.69) is 0 Å². The summed E-state index contributed by atoms with van der Waals surface area (Å²) in [6.07, 6.45) is 2.92. The van der Waals surface area contributed by atoms with Crippen molar-refractivity contribution in [2.24, 2.45) is 5.92 Å². The highest BCUT2D eigenvalue weighted by molar-refractivity contribution is 7.90. The quantitative estimate of drug-likeness (QED) is 0.481. The van der Waals surface area contributed by atoms with Crippen LogP contribution in [0.3, 0.4) is 0 Å². The fourth-order valence-electron chi connectivity index (χ4n) is 4.31. The van der Waals surface area contributed by atoms with Gasteiger partial charge in [-0.05, 0) is 61.4 Å². The normalized spacial score (nSPS) is 19.1. The van der Waals surface area contributed by atoms with Crippen LogP contribution in [0.4, 0.5) is 14.5 Å². The summed E-state index contributed by atoms with van der Waals surface area (Å²) in [6, 6.07) is 13.8. The van der Waals surface area contributed by atoms with Gasteiger partial charge in [-0.3, -0.25) is 0 Å². The van der Waals surface area contributed by atoms with Crippen molar-refractivity contribution in [1.29, 1.82) is 0 Å². The Kier molecular flexibility index (Phi) is 5.97. The fourth-order valence-corrected chi connectivity index (χ4v) is 6.19. The van der Waals surface area contributed by atoms with Crippen LogP contribution >= 0.6 is 11.3 Å². The van der Waals surface area contributed by atoms with Gasteiger partial charge in [0, 0.05) is 34.2 Å². The Morgan fingerprint density at radius 3 is 2.42 bits per heavy atom. The molecule has 8 heteroatoms. The van der Waals surface area contributed by atoms with Crippen molar-refractivity contribution in [2.75, 3.05) is 11.2 Å². The number of aliphatic hydroxyl groups is 1. The lowest BCUT2D eigenvalue weighted by Gasteiger charge is -2.29. The first kappa shape index (κ1) is 23.6. The third kappa shape index (κ3) is 4.60. The minimum absolute atomic E-state index is 0.150. The van der Waals surface area contributed by atoms with Crippen LogP contribution in [-0.4, -0.2) is 25.4 Å². The van der Waals surface area contributed by atoms with Crippen molar-refractivity contribution in [1.82, 2.24) is 0 Å². The Balaban J connectivity index is 1.78. The summed E-state index contributed by atoms with van der Waals surface area (Å²) in [7, 11) is -3.34. The van der Waals surface area contributed by atoms with E-state index in [1.807, 2.05) is 25.1 Å². The smallest absolute Gasteiger partial charge is 0.175 e. The molecule has 174 valence electrons. The first-order chi connectivity index (χ1) is 15.4. The zero-order chi connectivity index (χ0) is 24.1. The molecule has 4 nitrogen and oxygen atoms in total. The maximum absolute atomic E-state index is 14.7. The molecule has 2 aromatic carbocycles. The molecule has 0 fully saturated rings. The highest BCUT2D eigenvalue weighted by Gasteiger charge is 2.41. The average Bonchev–Trinajstić information content (AvgIpc) is 3.32. The number of nitrogens with zero attached hydrogens (tertiary/aromatic N) is 1. The molecule has 1 N–H and O–H groups in total. The highest BCUT2D eigenvalue weighted by Crippen LogP contribution is 2.48. The van der Waals surface area contributed by atoms with Gasteiger partial charge in [-0.2, -0.15) is 0 Å². The maximum Gasteiger partial charge on any atom is 0.175 e. The molecule has 1 aromatic heterocycles. The van der Waals surface area contributed by atoms with Crippen molar-refractivity contribution in [3.05, 3.63) is 82.9 Å². The second-order valence-corrected chi connectivity index (χ2v) is 12.0. The molecule has 0 bridgehead atoms. The summed E-state index contributed by atoms with van der Waals surface area (Å²) < 4.78 is 52.2. The lowest BCUT2D eigenvalue weighted by atomic mass is 9.86. The zero-order valence-corrected chi connectivity index (χ0v) is 20.3. The van der Waals surface area contributed by atoms with Crippen molar-refractivity contribution in [3.8, 4) is 10.4 Å². The van der Waals surface area contributed by atoms with Crippen LogP contribution < -0.4 is 4.90 Å². The predicted molar refractivity (Wildman–Crippen MR) is 128 cm³/mol. The molecule has 0 saturated carbocycles. The minimum Gasteiger partial charge on any atom is -0.386 e. The lowest BCUT2D eigenvalue weighted by molar-refractivity contribution is 0.109. The number of thiophene rings is 1. The standard InChI is InChI=1S/C25H25F2NO3S2/c1-15-19(25(2,3)29)14-28(21-9-8-17(26)13-20(21)27)24(15)23-11-10-22(32-23)16-6-5-7-18(12-16)33(4,30)31/h5-15,24,29H,1-4H3. The number of rotatable bonds is 5. The molecule has 4 rings (SSSR count). The summed E-state index contributed by atoms with van der Waals surface area (Å²) in [6.45, 7) is 5.35. The molecule has 2 atom stereocenters. The molecule has 2 heterocycles. The molecule has 1 aliphatic heterocycles. The molecular formula is C25H25F2NO3S2. The number of hydrogen-bond donors (Lipinski definition) is 1. The van der Waals surface area contributed by atoms with Gasteiger partial charge < -0.3 is 10.0 Å². The van der Waals surface area contributed by atoms with E-state index in [-0.39, 0.29) is 22.5 Å². The Morgan fingerprint density at radius 2 is 1.79 bits per heavy atom. The molecule has 0 radical (unpaired) electrons. The highest BCUT2D eigenvalue weighted by atomic mass is 32.2. The average molecular weight is 490 g/mol. The van der Waals surface area contributed by atoms with Crippen LogP contribution in [-0.2, 0) is 9.84 Å². The summed E-state index contributed by atoms with van der Waals surface area (Å²) in [5, 5.41) is 10.7. The van der Waals surface area contributed by atoms with Crippen LogP contribution in [0.5, 0.6) is 0 Å². The molecule has 1 aliphatic rings. The van der Waals surface area contributed by atoms with Crippen molar-refractivity contribution >= 4 is 26.9 Å². The minimum atomic E-state index is -3.34. The van der Waals surface area contributed by atoms with Gasteiger partial charge in [-0.1, -0.05) is 19.1 Å². The van der Waals surface area contributed by atoms with Gasteiger partial charge in [0.1, 0.15) is 11.6 Å². The van der Waals surface area contributed by atoms with E-state index in [1.165, 1.54) is 29.7 Å². The van der Waals surface area contributed by atoms with Crippen molar-refractivity contribution in [3.63, 3.8) is 0 Å². The largest absolute Gasteiger partial charge is 0.386 e. The SMILES string of the molecule is CC1C(C(C)(C)O)=CN(c2ccc(F)cc2F)C1c1ccc(-c2cccc(S(C)(=O)=O)c2)s1. The third-order valence-corrected chi connectivity index (χ3v) is 8.22. The van der Waals surface area contributed by atoms with Gasteiger partial charge in [0.05, 0.1) is 22.2 Å². The monoisotopic (exact) mass is 489 g/mol. The van der Waals surface area contributed by atoms with E-state index in [4.69, 9.17) is 0 Å². The van der Waals surface area contributed by atoms with Gasteiger partial charge in [-0.25, -0.2) is 17.2 Å². The van der Waals surface area contributed by atoms with E-state index < -0.39 is 27.1 Å². The molecular weight excluding hydrogens is 464 g/mol. The Morgan fingerprint density at radius 1 is 1.06 bits per heavy atom. The van der Waals surface area contributed by atoms with Crippen LogP contribution in [0.1, 0.15) is 31.7 Å². The summed E-state index contributed by atoms with van der Waals surface area (Å²) in [5.74, 6) is -1.49. The van der Waals surface area contributed by atoms with Crippen LogP contribution in [0.2, 0.25) is 0 Å². The first-order valence-electron chi connectivity index (χ1n) is 10.4. The number of sulfone groups is 1. The molecule has 0 spiro atoms. The van der Waals surface area contributed by atoms with E-state index >= 15 is 0 Å². The Labute approximate surface area is 196 Å². The van der Waals surface area contributed by atoms with Crippen LogP contribution in [0.25, 0.3) is 10.4 Å². The Hall–Kier alpha value is -2.55. The summed E-state index contributed by atoms with van der Waals surface area (Å²) in [4.78, 5) is 3.78. The third-order valence-electron chi connectivity index (χ3n) is 5.90. The molecule has 0 aliphatic carbocycles. The summed E-state index contributed by atoms with van der Waals surface area (Å²) in [5.41, 5.74) is 0.620. The number of hydrogen-bond acceptors (Lipinski definition) is 5. The summed E-state index contributed by atoms with van der Waals surface area (Å²) >= 11 is 1.48. The van der Waals surface area contributed by atoms with Crippen LogP contribution in [0, 0.1) is 17.6 Å². The zero-order valence-electron chi connectivity index (χ0n) is 18.7. The number of anilines is 1. The fraction of sp³-hybridized carbons (Fsp3) is 0.280. The van der Waals surface area contributed by atoms with Crippen molar-refractivity contribution in [2.45, 2.75) is 37.3 Å². The van der Waals surface area contributed by atoms with Crippen LogP contribution in [0.15, 0.2) is 71.3 Å². The number of benzene rings is 2. The van der Waals surface area contributed by atoms with Gasteiger partial charge in [0.2, 0.25) is 0 Å². The second-order valence-electron chi connectivity index (χ2n) is 8.88. The molecule has 0 saturated heterocycles. The van der Waals surface area contributed by atoms with E-state index in [1.54, 1.807) is 43.1 Å². The lowest BCUT2D eigenvalue weighted by Crippen LogP contribution is -2.27. The van der Waals surface area contributed by atoms with Gasteiger partial charge >= 0.3 is 0 Å².